The number of aromatic nitrogens is 4. The van der Waals surface area contributed by atoms with Crippen LogP contribution >= 0.6 is 15.9 Å². The third-order valence-corrected chi connectivity index (χ3v) is 5.09. The summed E-state index contributed by atoms with van der Waals surface area (Å²) in [6.45, 7) is 3.31. The molecular formula is C22H20BrN5O. The average molecular weight is 450 g/mol. The zero-order valence-electron chi connectivity index (χ0n) is 15.9. The van der Waals surface area contributed by atoms with Crippen LogP contribution in [-0.2, 0) is 13.1 Å². The zero-order valence-corrected chi connectivity index (χ0v) is 17.5. The molecule has 4 aromatic rings. The highest BCUT2D eigenvalue weighted by Crippen LogP contribution is 2.22. The molecule has 0 atom stereocenters. The standard InChI is InChI=1S/C22H20BrN5O/c1-16-6-8-17(9-7-16)13-28-15-20(23)21(26-28)25-22(29)19-5-2-4-18(12-19)14-27-11-3-10-24-27/h2-12,15H,13-14H2,1H3,(H,25,26,29). The lowest BCUT2D eigenvalue weighted by Crippen LogP contribution is -2.14. The summed E-state index contributed by atoms with van der Waals surface area (Å²) in [4.78, 5) is 12.7. The predicted molar refractivity (Wildman–Crippen MR) is 116 cm³/mol. The molecule has 1 N–H and O–H groups in total. The Morgan fingerprint density at radius 3 is 2.59 bits per heavy atom. The molecule has 0 unspecified atom stereocenters. The third-order valence-electron chi connectivity index (χ3n) is 4.51. The van der Waals surface area contributed by atoms with Gasteiger partial charge in [0.05, 0.1) is 17.6 Å². The summed E-state index contributed by atoms with van der Waals surface area (Å²) in [5.74, 6) is 0.299. The van der Waals surface area contributed by atoms with Gasteiger partial charge in [0.1, 0.15) is 0 Å². The molecule has 4 rings (SSSR count). The van der Waals surface area contributed by atoms with Gasteiger partial charge in [0.2, 0.25) is 0 Å². The van der Waals surface area contributed by atoms with Gasteiger partial charge < -0.3 is 5.32 Å². The number of hydrogen-bond donors (Lipinski definition) is 1. The Bertz CT molecular complexity index is 1120. The molecule has 0 aliphatic rings. The fraction of sp³-hybridized carbons (Fsp3) is 0.136. The third kappa shape index (κ3) is 4.81. The van der Waals surface area contributed by atoms with E-state index in [0.717, 1.165) is 15.6 Å². The molecule has 0 saturated heterocycles. The van der Waals surface area contributed by atoms with Gasteiger partial charge in [-0.05, 0) is 52.2 Å². The average Bonchev–Trinajstić information content (AvgIpc) is 3.34. The minimum absolute atomic E-state index is 0.200. The number of hydrogen-bond acceptors (Lipinski definition) is 3. The minimum atomic E-state index is -0.200. The normalized spacial score (nSPS) is 10.8. The Balaban J connectivity index is 1.45. The lowest BCUT2D eigenvalue weighted by molar-refractivity contribution is 0.102. The molecule has 29 heavy (non-hydrogen) atoms. The zero-order chi connectivity index (χ0) is 20.2. The monoisotopic (exact) mass is 449 g/mol. The molecule has 0 aliphatic heterocycles. The van der Waals surface area contributed by atoms with E-state index < -0.39 is 0 Å². The van der Waals surface area contributed by atoms with E-state index in [1.807, 2.05) is 41.3 Å². The van der Waals surface area contributed by atoms with Crippen molar-refractivity contribution in [2.75, 3.05) is 5.32 Å². The van der Waals surface area contributed by atoms with E-state index in [9.17, 15) is 4.79 Å². The van der Waals surface area contributed by atoms with Crippen LogP contribution in [0.25, 0.3) is 0 Å². The number of carbonyl (C=O) groups is 1. The number of aryl methyl sites for hydroxylation is 1. The Labute approximate surface area is 177 Å². The van der Waals surface area contributed by atoms with Gasteiger partial charge in [0, 0.05) is 24.2 Å². The van der Waals surface area contributed by atoms with Crippen LogP contribution in [0.3, 0.4) is 0 Å². The van der Waals surface area contributed by atoms with E-state index in [2.05, 4.69) is 62.6 Å². The number of benzene rings is 2. The first kappa shape index (κ1) is 19.1. The smallest absolute Gasteiger partial charge is 0.256 e. The van der Waals surface area contributed by atoms with Crippen LogP contribution < -0.4 is 5.32 Å². The number of nitrogens with one attached hydrogen (secondary N) is 1. The summed E-state index contributed by atoms with van der Waals surface area (Å²) in [6, 6.07) is 17.7. The molecule has 0 radical (unpaired) electrons. The van der Waals surface area contributed by atoms with Crippen LogP contribution in [0, 0.1) is 6.92 Å². The molecule has 2 aromatic carbocycles. The maximum Gasteiger partial charge on any atom is 0.256 e. The Hall–Kier alpha value is -3.19. The highest BCUT2D eigenvalue weighted by Gasteiger charge is 2.13. The first-order chi connectivity index (χ1) is 14.1. The predicted octanol–water partition coefficient (Wildman–Crippen LogP) is 4.50. The molecule has 6 nitrogen and oxygen atoms in total. The van der Waals surface area contributed by atoms with Gasteiger partial charge in [0.15, 0.2) is 5.82 Å². The fourth-order valence-electron chi connectivity index (χ4n) is 3.01. The van der Waals surface area contributed by atoms with E-state index in [0.29, 0.717) is 24.5 Å². The first-order valence-electron chi connectivity index (χ1n) is 9.23. The van der Waals surface area contributed by atoms with E-state index >= 15 is 0 Å². The molecule has 0 bridgehead atoms. The molecule has 0 fully saturated rings. The fourth-order valence-corrected chi connectivity index (χ4v) is 3.43. The maximum atomic E-state index is 12.7. The topological polar surface area (TPSA) is 64.7 Å². The van der Waals surface area contributed by atoms with Crippen molar-refractivity contribution in [3.05, 3.63) is 99.9 Å². The second kappa shape index (κ2) is 8.45. The van der Waals surface area contributed by atoms with Gasteiger partial charge in [-0.1, -0.05) is 42.0 Å². The van der Waals surface area contributed by atoms with Crippen molar-refractivity contribution in [2.45, 2.75) is 20.0 Å². The highest BCUT2D eigenvalue weighted by atomic mass is 79.9. The minimum Gasteiger partial charge on any atom is -0.304 e. The summed E-state index contributed by atoms with van der Waals surface area (Å²) in [5.41, 5.74) is 3.95. The van der Waals surface area contributed by atoms with Crippen molar-refractivity contribution >= 4 is 27.7 Å². The lowest BCUT2D eigenvalue weighted by atomic mass is 10.1. The molecule has 1 amide bonds. The van der Waals surface area contributed by atoms with Gasteiger partial charge in [-0.15, -0.1) is 0 Å². The molecule has 2 aromatic heterocycles. The Morgan fingerprint density at radius 2 is 1.83 bits per heavy atom. The number of nitrogens with zero attached hydrogens (tertiary/aromatic N) is 4. The maximum absolute atomic E-state index is 12.7. The summed E-state index contributed by atoms with van der Waals surface area (Å²) in [7, 11) is 0. The summed E-state index contributed by atoms with van der Waals surface area (Å²) >= 11 is 3.49. The Morgan fingerprint density at radius 1 is 1.03 bits per heavy atom. The number of anilines is 1. The molecule has 0 spiro atoms. The van der Waals surface area contributed by atoms with Crippen molar-refractivity contribution in [1.29, 1.82) is 0 Å². The van der Waals surface area contributed by atoms with Crippen molar-refractivity contribution in [3.63, 3.8) is 0 Å². The van der Waals surface area contributed by atoms with E-state index in [1.165, 1.54) is 5.56 Å². The van der Waals surface area contributed by atoms with Gasteiger partial charge >= 0.3 is 0 Å². The van der Waals surface area contributed by atoms with Crippen LogP contribution in [0.2, 0.25) is 0 Å². The second-order valence-corrected chi connectivity index (χ2v) is 7.72. The first-order valence-corrected chi connectivity index (χ1v) is 10.0. The van der Waals surface area contributed by atoms with Crippen LogP contribution in [0.15, 0.2) is 77.7 Å². The van der Waals surface area contributed by atoms with Crippen LogP contribution in [0.1, 0.15) is 27.0 Å². The number of rotatable bonds is 6. The molecule has 0 saturated carbocycles. The number of halogens is 1. The van der Waals surface area contributed by atoms with Gasteiger partial charge in [-0.25, -0.2) is 0 Å². The lowest BCUT2D eigenvalue weighted by Gasteiger charge is -2.06. The van der Waals surface area contributed by atoms with Crippen LogP contribution in [0.4, 0.5) is 5.82 Å². The molecule has 0 aliphatic carbocycles. The van der Waals surface area contributed by atoms with Crippen LogP contribution in [-0.4, -0.2) is 25.5 Å². The summed E-state index contributed by atoms with van der Waals surface area (Å²) in [5, 5.41) is 11.6. The Kier molecular flexibility index (Phi) is 5.57. The van der Waals surface area contributed by atoms with E-state index in [4.69, 9.17) is 0 Å². The molecular weight excluding hydrogens is 430 g/mol. The summed E-state index contributed by atoms with van der Waals surface area (Å²) < 4.78 is 4.37. The van der Waals surface area contributed by atoms with E-state index in [-0.39, 0.29) is 5.91 Å². The molecule has 146 valence electrons. The largest absolute Gasteiger partial charge is 0.304 e. The van der Waals surface area contributed by atoms with Crippen molar-refractivity contribution in [2.24, 2.45) is 0 Å². The van der Waals surface area contributed by atoms with Crippen LogP contribution in [0.5, 0.6) is 0 Å². The number of amides is 1. The summed E-state index contributed by atoms with van der Waals surface area (Å²) in [6.07, 6.45) is 5.50. The molecule has 7 heteroatoms. The van der Waals surface area contributed by atoms with E-state index in [1.54, 1.807) is 16.9 Å². The van der Waals surface area contributed by atoms with Crippen molar-refractivity contribution < 1.29 is 4.79 Å². The number of carbonyl (C=O) groups excluding carboxylic acids is 1. The molecule has 2 heterocycles. The van der Waals surface area contributed by atoms with Crippen molar-refractivity contribution in [3.8, 4) is 0 Å². The van der Waals surface area contributed by atoms with Gasteiger partial charge in [0.25, 0.3) is 5.91 Å². The quantitative estimate of drug-likeness (QED) is 0.471. The van der Waals surface area contributed by atoms with Gasteiger partial charge in [-0.3, -0.25) is 14.2 Å². The SMILES string of the molecule is Cc1ccc(Cn2cc(Br)c(NC(=O)c3cccc(Cn4cccn4)c3)n2)cc1. The highest BCUT2D eigenvalue weighted by molar-refractivity contribution is 9.10. The second-order valence-electron chi connectivity index (χ2n) is 6.87. The van der Waals surface area contributed by atoms with Gasteiger partial charge in [-0.2, -0.15) is 10.2 Å². The van der Waals surface area contributed by atoms with Crippen molar-refractivity contribution in [1.82, 2.24) is 19.6 Å².